The summed E-state index contributed by atoms with van der Waals surface area (Å²) < 4.78 is 24.8. The number of benzene rings is 2. The summed E-state index contributed by atoms with van der Waals surface area (Å²) in [5.41, 5.74) is -0.297. The van der Waals surface area contributed by atoms with Crippen LogP contribution in [0.4, 0.5) is 11.4 Å². The van der Waals surface area contributed by atoms with Gasteiger partial charge in [-0.2, -0.15) is 0 Å². The lowest BCUT2D eigenvalue weighted by Gasteiger charge is -2.12. The largest absolute Gasteiger partial charge is 0.507 e. The number of aromatic hydroxyl groups is 1. The summed E-state index contributed by atoms with van der Waals surface area (Å²) in [6, 6.07) is 7.90. The van der Waals surface area contributed by atoms with Crippen LogP contribution in [0, 0.1) is 12.3 Å². The zero-order valence-electron chi connectivity index (χ0n) is 14.4. The number of carbonyl (C=O) groups excluding carboxylic acids is 1. The third-order valence-electron chi connectivity index (χ3n) is 3.45. The molecule has 0 saturated carbocycles. The molecule has 9 nitrogen and oxygen atoms in total. The molecule has 2 aromatic carbocycles. The van der Waals surface area contributed by atoms with Crippen LogP contribution in [0.5, 0.6) is 5.75 Å². The molecular formula is C17H17N3O6S. The molecule has 142 valence electrons. The molecule has 10 heteroatoms. The number of hydrogen-bond acceptors (Lipinski definition) is 6. The Hall–Kier alpha value is -3.40. The Morgan fingerprint density at radius 3 is 2.33 bits per heavy atom. The Kier molecular flexibility index (Phi) is 5.50. The Labute approximate surface area is 155 Å². The molecule has 0 radical (unpaired) electrons. The second kappa shape index (κ2) is 7.46. The second-order valence-corrected chi connectivity index (χ2v) is 7.54. The first-order valence-corrected chi connectivity index (χ1v) is 9.42. The number of carboxylic acid groups (broad SMARTS) is 1. The van der Waals surface area contributed by atoms with Crippen LogP contribution in [0.15, 0.2) is 36.4 Å². The van der Waals surface area contributed by atoms with Crippen molar-refractivity contribution in [1.82, 2.24) is 0 Å². The lowest BCUT2D eigenvalue weighted by Crippen LogP contribution is -2.24. The summed E-state index contributed by atoms with van der Waals surface area (Å²) in [4.78, 5) is 23.7. The molecular weight excluding hydrogens is 374 g/mol. The van der Waals surface area contributed by atoms with Gasteiger partial charge in [-0.1, -0.05) is 11.6 Å². The highest BCUT2D eigenvalue weighted by molar-refractivity contribution is 7.92. The van der Waals surface area contributed by atoms with Crippen LogP contribution in [-0.2, 0) is 14.8 Å². The van der Waals surface area contributed by atoms with Crippen LogP contribution in [0.25, 0.3) is 0 Å². The number of sulfonamides is 1. The lowest BCUT2D eigenvalue weighted by atomic mass is 10.1. The van der Waals surface area contributed by atoms with E-state index in [-0.39, 0.29) is 22.5 Å². The first-order valence-electron chi connectivity index (χ1n) is 7.53. The van der Waals surface area contributed by atoms with Gasteiger partial charge in [-0.15, -0.1) is 0 Å². The highest BCUT2D eigenvalue weighted by Crippen LogP contribution is 2.24. The number of nitrogens with one attached hydrogen (secondary N) is 3. The highest BCUT2D eigenvalue weighted by atomic mass is 32.2. The quantitative estimate of drug-likeness (QED) is 0.373. The topological polar surface area (TPSA) is 157 Å². The molecule has 0 bridgehead atoms. The fourth-order valence-corrected chi connectivity index (χ4v) is 2.82. The van der Waals surface area contributed by atoms with Crippen molar-refractivity contribution >= 4 is 39.0 Å². The molecule has 0 atom stereocenters. The van der Waals surface area contributed by atoms with Gasteiger partial charge >= 0.3 is 5.97 Å². The molecule has 0 heterocycles. The molecule has 0 aliphatic carbocycles. The Balaban J connectivity index is 2.32. The van der Waals surface area contributed by atoms with Crippen molar-refractivity contribution < 1.29 is 28.2 Å². The highest BCUT2D eigenvalue weighted by Gasteiger charge is 2.20. The first-order chi connectivity index (χ1) is 12.5. The van der Waals surface area contributed by atoms with E-state index in [4.69, 9.17) is 5.41 Å². The van der Waals surface area contributed by atoms with Crippen molar-refractivity contribution in [3.63, 3.8) is 0 Å². The van der Waals surface area contributed by atoms with Gasteiger partial charge in [-0.05, 0) is 37.3 Å². The molecule has 0 aliphatic rings. The monoisotopic (exact) mass is 391 g/mol. The van der Waals surface area contributed by atoms with E-state index in [0.717, 1.165) is 18.4 Å². The molecule has 2 aromatic rings. The molecule has 0 aliphatic heterocycles. The average Bonchev–Trinajstić information content (AvgIpc) is 2.56. The summed E-state index contributed by atoms with van der Waals surface area (Å²) in [6.45, 7) is 1.69. The van der Waals surface area contributed by atoms with Crippen molar-refractivity contribution in [2.45, 2.75) is 6.92 Å². The number of aryl methyl sites for hydroxylation is 1. The van der Waals surface area contributed by atoms with Crippen molar-refractivity contribution in [2.75, 3.05) is 16.3 Å². The Bertz CT molecular complexity index is 1050. The number of aromatic carboxylic acids is 1. The van der Waals surface area contributed by atoms with Crippen molar-refractivity contribution in [1.29, 1.82) is 5.41 Å². The minimum atomic E-state index is -3.59. The van der Waals surface area contributed by atoms with Gasteiger partial charge in [0.1, 0.15) is 11.5 Å². The normalized spacial score (nSPS) is 10.9. The zero-order chi connectivity index (χ0) is 20.4. The second-order valence-electron chi connectivity index (χ2n) is 5.79. The van der Waals surface area contributed by atoms with E-state index in [0.29, 0.717) is 5.56 Å². The number of hydrogen-bond donors (Lipinski definition) is 5. The van der Waals surface area contributed by atoms with E-state index in [2.05, 4.69) is 10.0 Å². The maximum absolute atomic E-state index is 12.3. The van der Waals surface area contributed by atoms with Crippen LogP contribution >= 0.6 is 0 Å². The van der Waals surface area contributed by atoms with Gasteiger partial charge in [0.2, 0.25) is 10.0 Å². The average molecular weight is 391 g/mol. The van der Waals surface area contributed by atoms with E-state index in [9.17, 15) is 28.2 Å². The fourth-order valence-electron chi connectivity index (χ4n) is 2.27. The van der Waals surface area contributed by atoms with Gasteiger partial charge in [0, 0.05) is 11.3 Å². The molecule has 0 aromatic heterocycles. The summed E-state index contributed by atoms with van der Waals surface area (Å²) in [5, 5.41) is 29.4. The number of carboxylic acids is 1. The van der Waals surface area contributed by atoms with E-state index in [1.807, 2.05) is 0 Å². The number of amides is 1. The van der Waals surface area contributed by atoms with Crippen LogP contribution in [0.3, 0.4) is 0 Å². The summed E-state index contributed by atoms with van der Waals surface area (Å²) in [6.07, 6.45) is 0.933. The summed E-state index contributed by atoms with van der Waals surface area (Å²) in [7, 11) is -3.59. The predicted molar refractivity (Wildman–Crippen MR) is 100 cm³/mol. The summed E-state index contributed by atoms with van der Waals surface area (Å²) in [5.74, 6) is -2.62. The fraction of sp³-hybridized carbons (Fsp3) is 0.118. The van der Waals surface area contributed by atoms with E-state index in [1.165, 1.54) is 18.2 Å². The molecule has 5 N–H and O–H groups in total. The van der Waals surface area contributed by atoms with Gasteiger partial charge in [0.25, 0.3) is 5.91 Å². The van der Waals surface area contributed by atoms with Crippen LogP contribution in [-0.4, -0.2) is 42.5 Å². The Morgan fingerprint density at radius 2 is 1.74 bits per heavy atom. The number of phenolic OH excluding ortho intramolecular Hbond substituents is 1. The number of rotatable bonds is 6. The maximum Gasteiger partial charge on any atom is 0.337 e. The lowest BCUT2D eigenvalue weighted by molar-refractivity contribution is -0.110. The van der Waals surface area contributed by atoms with Crippen molar-refractivity contribution in [3.05, 3.63) is 53.1 Å². The smallest absolute Gasteiger partial charge is 0.337 e. The van der Waals surface area contributed by atoms with Gasteiger partial charge in [-0.3, -0.25) is 14.9 Å². The molecule has 0 fully saturated rings. The molecule has 2 rings (SSSR count). The predicted octanol–water partition coefficient (Wildman–Crippen LogP) is 1.78. The minimum absolute atomic E-state index is 0.00671. The third-order valence-corrected chi connectivity index (χ3v) is 4.06. The van der Waals surface area contributed by atoms with Crippen molar-refractivity contribution in [3.8, 4) is 5.75 Å². The maximum atomic E-state index is 12.3. The van der Waals surface area contributed by atoms with Gasteiger partial charge < -0.3 is 15.5 Å². The number of anilines is 2. The number of phenols is 1. The SMILES string of the molecule is Cc1ccc(NC(=O)C(=N)c2cc(NS(C)(=O)=O)ccc2O)c(C(=O)O)c1. The first kappa shape index (κ1) is 19.9. The van der Waals surface area contributed by atoms with Crippen LogP contribution < -0.4 is 10.0 Å². The molecule has 0 unspecified atom stereocenters. The van der Waals surface area contributed by atoms with Gasteiger partial charge in [0.05, 0.1) is 17.5 Å². The van der Waals surface area contributed by atoms with Crippen LogP contribution in [0.2, 0.25) is 0 Å². The van der Waals surface area contributed by atoms with E-state index in [1.54, 1.807) is 13.0 Å². The van der Waals surface area contributed by atoms with Crippen LogP contribution in [0.1, 0.15) is 21.5 Å². The zero-order valence-corrected chi connectivity index (χ0v) is 15.2. The van der Waals surface area contributed by atoms with E-state index < -0.39 is 33.4 Å². The molecule has 0 saturated heterocycles. The van der Waals surface area contributed by atoms with Crippen molar-refractivity contribution in [2.24, 2.45) is 0 Å². The molecule has 1 amide bonds. The Morgan fingerprint density at radius 1 is 1.07 bits per heavy atom. The van der Waals surface area contributed by atoms with Gasteiger partial charge in [0.15, 0.2) is 0 Å². The standard InChI is InChI=1S/C17H17N3O6S/c1-9-3-5-13(11(7-9)17(23)24)19-16(22)15(18)12-8-10(4-6-14(12)21)20-27(2,25)26/h3-8,18,20-21H,1-2H3,(H,19,22)(H,23,24). The van der Waals surface area contributed by atoms with E-state index >= 15 is 0 Å². The van der Waals surface area contributed by atoms with Gasteiger partial charge in [-0.25, -0.2) is 13.2 Å². The summed E-state index contributed by atoms with van der Waals surface area (Å²) >= 11 is 0. The molecule has 27 heavy (non-hydrogen) atoms. The molecule has 0 spiro atoms. The third kappa shape index (κ3) is 5.05. The number of carbonyl (C=O) groups is 2. The minimum Gasteiger partial charge on any atom is -0.507 e.